The lowest BCUT2D eigenvalue weighted by Gasteiger charge is -2.19. The highest BCUT2D eigenvalue weighted by molar-refractivity contribution is 5.67. The number of aliphatic carboxylic acids is 1. The van der Waals surface area contributed by atoms with Crippen molar-refractivity contribution in [2.75, 3.05) is 18.5 Å². The van der Waals surface area contributed by atoms with Gasteiger partial charge in [0, 0.05) is 19.0 Å². The number of carboxylic acids is 1. The van der Waals surface area contributed by atoms with Crippen LogP contribution in [-0.2, 0) is 10.2 Å². The van der Waals surface area contributed by atoms with E-state index < -0.39 is 5.97 Å². The molecule has 0 fully saturated rings. The topological polar surface area (TPSA) is 66.3 Å². The van der Waals surface area contributed by atoms with E-state index in [0.29, 0.717) is 12.4 Å². The predicted molar refractivity (Wildman–Crippen MR) is 66.3 cm³/mol. The third-order valence-corrected chi connectivity index (χ3v) is 2.47. The second-order valence-corrected chi connectivity index (χ2v) is 5.09. The first-order valence-electron chi connectivity index (χ1n) is 5.58. The van der Waals surface area contributed by atoms with Crippen molar-refractivity contribution in [1.29, 1.82) is 0 Å². The van der Waals surface area contributed by atoms with Crippen LogP contribution >= 0.6 is 0 Å². The SMILES string of the molecule is CN(CCC(=O)O)c1ccc(C(C)(C)C)nn1. The number of hydrogen-bond donors (Lipinski definition) is 1. The van der Waals surface area contributed by atoms with E-state index in [4.69, 9.17) is 5.11 Å². The number of rotatable bonds is 4. The molecule has 1 heterocycles. The lowest BCUT2D eigenvalue weighted by Crippen LogP contribution is -2.23. The van der Waals surface area contributed by atoms with Gasteiger partial charge in [-0.1, -0.05) is 20.8 Å². The van der Waals surface area contributed by atoms with E-state index in [9.17, 15) is 4.79 Å². The summed E-state index contributed by atoms with van der Waals surface area (Å²) < 4.78 is 0. The summed E-state index contributed by atoms with van der Waals surface area (Å²) in [5.41, 5.74) is 0.901. The molecule has 0 unspecified atom stereocenters. The van der Waals surface area contributed by atoms with Gasteiger partial charge in [0.15, 0.2) is 5.82 Å². The van der Waals surface area contributed by atoms with Crippen molar-refractivity contribution in [2.45, 2.75) is 32.6 Å². The van der Waals surface area contributed by atoms with Gasteiger partial charge in [-0.15, -0.1) is 5.10 Å². The highest BCUT2D eigenvalue weighted by Crippen LogP contribution is 2.20. The molecule has 0 amide bonds. The molecule has 0 saturated carbocycles. The molecule has 0 atom stereocenters. The van der Waals surface area contributed by atoms with E-state index >= 15 is 0 Å². The fourth-order valence-electron chi connectivity index (χ4n) is 1.31. The smallest absolute Gasteiger partial charge is 0.305 e. The Morgan fingerprint density at radius 2 is 2.00 bits per heavy atom. The summed E-state index contributed by atoms with van der Waals surface area (Å²) in [4.78, 5) is 12.2. The zero-order chi connectivity index (χ0) is 13.1. The van der Waals surface area contributed by atoms with E-state index in [1.54, 1.807) is 4.90 Å². The molecule has 1 aromatic heterocycles. The fourth-order valence-corrected chi connectivity index (χ4v) is 1.31. The minimum atomic E-state index is -0.809. The van der Waals surface area contributed by atoms with Gasteiger partial charge in [0.05, 0.1) is 12.1 Å². The third kappa shape index (κ3) is 4.01. The van der Waals surface area contributed by atoms with Crippen LogP contribution in [0.3, 0.4) is 0 Å². The predicted octanol–water partition coefficient (Wildman–Crippen LogP) is 1.68. The molecule has 1 N–H and O–H groups in total. The van der Waals surface area contributed by atoms with Gasteiger partial charge in [-0.2, -0.15) is 5.10 Å². The lowest BCUT2D eigenvalue weighted by atomic mass is 9.92. The number of hydrogen-bond acceptors (Lipinski definition) is 4. The molecule has 0 spiro atoms. The van der Waals surface area contributed by atoms with Crippen molar-refractivity contribution >= 4 is 11.8 Å². The van der Waals surface area contributed by atoms with Crippen molar-refractivity contribution in [3.05, 3.63) is 17.8 Å². The van der Waals surface area contributed by atoms with Crippen LogP contribution in [0.25, 0.3) is 0 Å². The summed E-state index contributed by atoms with van der Waals surface area (Å²) >= 11 is 0. The molecule has 0 saturated heterocycles. The second-order valence-electron chi connectivity index (χ2n) is 5.09. The first kappa shape index (κ1) is 13.4. The van der Waals surface area contributed by atoms with Crippen molar-refractivity contribution in [2.24, 2.45) is 0 Å². The molecular weight excluding hydrogens is 218 g/mol. The standard InChI is InChI=1S/C12H19N3O2/c1-12(2,3)9-5-6-10(14-13-9)15(4)8-7-11(16)17/h5-6H,7-8H2,1-4H3,(H,16,17). The maximum atomic E-state index is 10.5. The van der Waals surface area contributed by atoms with Gasteiger partial charge < -0.3 is 10.0 Å². The van der Waals surface area contributed by atoms with E-state index in [0.717, 1.165) is 5.69 Å². The largest absolute Gasteiger partial charge is 0.481 e. The van der Waals surface area contributed by atoms with Gasteiger partial charge in [0.25, 0.3) is 0 Å². The van der Waals surface area contributed by atoms with Gasteiger partial charge in [0.2, 0.25) is 0 Å². The van der Waals surface area contributed by atoms with Crippen LogP contribution in [0.4, 0.5) is 5.82 Å². The number of carbonyl (C=O) groups is 1. The zero-order valence-corrected chi connectivity index (χ0v) is 10.8. The maximum absolute atomic E-state index is 10.5. The number of aromatic nitrogens is 2. The van der Waals surface area contributed by atoms with Crippen molar-refractivity contribution in [3.63, 3.8) is 0 Å². The van der Waals surface area contributed by atoms with Crippen LogP contribution in [0.5, 0.6) is 0 Å². The zero-order valence-electron chi connectivity index (χ0n) is 10.8. The highest BCUT2D eigenvalue weighted by Gasteiger charge is 2.16. The Bertz CT molecular complexity index is 382. The number of carboxylic acid groups (broad SMARTS) is 1. The molecule has 0 bridgehead atoms. The van der Waals surface area contributed by atoms with Gasteiger partial charge in [0.1, 0.15) is 0 Å². The van der Waals surface area contributed by atoms with Crippen LogP contribution in [0.2, 0.25) is 0 Å². The van der Waals surface area contributed by atoms with Crippen molar-refractivity contribution in [1.82, 2.24) is 10.2 Å². The van der Waals surface area contributed by atoms with Crippen LogP contribution in [0, 0.1) is 0 Å². The summed E-state index contributed by atoms with van der Waals surface area (Å²) in [6.45, 7) is 6.65. The summed E-state index contributed by atoms with van der Waals surface area (Å²) in [6, 6.07) is 3.80. The average molecular weight is 237 g/mol. The lowest BCUT2D eigenvalue weighted by molar-refractivity contribution is -0.136. The minimum Gasteiger partial charge on any atom is -0.481 e. The van der Waals surface area contributed by atoms with Crippen LogP contribution in [-0.4, -0.2) is 34.9 Å². The quantitative estimate of drug-likeness (QED) is 0.863. The summed E-state index contributed by atoms with van der Waals surface area (Å²) in [5, 5.41) is 16.9. The molecule has 5 nitrogen and oxygen atoms in total. The number of nitrogens with zero attached hydrogens (tertiary/aromatic N) is 3. The molecule has 0 aliphatic carbocycles. The fraction of sp³-hybridized carbons (Fsp3) is 0.583. The summed E-state index contributed by atoms with van der Waals surface area (Å²) in [7, 11) is 1.81. The Kier molecular flexibility index (Phi) is 4.04. The van der Waals surface area contributed by atoms with Gasteiger partial charge in [-0.05, 0) is 12.1 Å². The molecule has 0 aliphatic rings. The molecule has 1 rings (SSSR count). The summed E-state index contributed by atoms with van der Waals surface area (Å²) in [5.74, 6) is -0.115. The van der Waals surface area contributed by atoms with Crippen molar-refractivity contribution in [3.8, 4) is 0 Å². The monoisotopic (exact) mass is 237 g/mol. The average Bonchev–Trinajstić information content (AvgIpc) is 2.25. The molecule has 17 heavy (non-hydrogen) atoms. The second kappa shape index (κ2) is 5.12. The van der Waals surface area contributed by atoms with Crippen molar-refractivity contribution < 1.29 is 9.90 Å². The molecule has 0 radical (unpaired) electrons. The van der Waals surface area contributed by atoms with Crippen LogP contribution in [0.15, 0.2) is 12.1 Å². The Labute approximate surface area is 101 Å². The first-order chi connectivity index (χ1) is 7.80. The Balaban J connectivity index is 2.70. The van der Waals surface area contributed by atoms with E-state index in [2.05, 4.69) is 31.0 Å². The van der Waals surface area contributed by atoms with Crippen LogP contribution < -0.4 is 4.90 Å². The first-order valence-corrected chi connectivity index (χ1v) is 5.58. The minimum absolute atomic E-state index is 0.0227. The Hall–Kier alpha value is -1.65. The highest BCUT2D eigenvalue weighted by atomic mass is 16.4. The summed E-state index contributed by atoms with van der Waals surface area (Å²) in [6.07, 6.45) is 0.0964. The molecular formula is C12H19N3O2. The molecule has 5 heteroatoms. The normalized spacial score (nSPS) is 11.3. The molecule has 0 aromatic carbocycles. The third-order valence-electron chi connectivity index (χ3n) is 2.47. The van der Waals surface area contributed by atoms with E-state index in [1.807, 2.05) is 19.2 Å². The number of anilines is 1. The molecule has 0 aliphatic heterocycles. The Morgan fingerprint density at radius 1 is 1.35 bits per heavy atom. The van der Waals surface area contributed by atoms with Gasteiger partial charge in [-0.3, -0.25) is 4.79 Å². The van der Waals surface area contributed by atoms with Crippen LogP contribution in [0.1, 0.15) is 32.9 Å². The Morgan fingerprint density at radius 3 is 2.41 bits per heavy atom. The van der Waals surface area contributed by atoms with E-state index in [1.165, 1.54) is 0 Å². The van der Waals surface area contributed by atoms with Gasteiger partial charge >= 0.3 is 5.97 Å². The molecule has 1 aromatic rings. The van der Waals surface area contributed by atoms with Gasteiger partial charge in [-0.25, -0.2) is 0 Å². The molecule has 94 valence electrons. The maximum Gasteiger partial charge on any atom is 0.305 e. The van der Waals surface area contributed by atoms with E-state index in [-0.39, 0.29) is 11.8 Å².